The van der Waals surface area contributed by atoms with Crippen LogP contribution >= 0.6 is 22.9 Å². The van der Waals surface area contributed by atoms with Gasteiger partial charge in [-0.05, 0) is 19.1 Å². The van der Waals surface area contributed by atoms with E-state index in [2.05, 4.69) is 9.97 Å². The Bertz CT molecular complexity index is 820. The number of nitrogens with one attached hydrogen (secondary N) is 1. The normalized spacial score (nSPS) is 12.9. The number of H-pyrrole nitrogens is 1. The number of benzene rings is 1. The van der Waals surface area contributed by atoms with Crippen molar-refractivity contribution in [3.63, 3.8) is 0 Å². The van der Waals surface area contributed by atoms with E-state index in [-0.39, 0.29) is 16.1 Å². The lowest BCUT2D eigenvalue weighted by Gasteiger charge is -2.09. The number of alkyl halides is 1. The molecule has 0 saturated carbocycles. The number of rotatable bonds is 3. The number of hydrogen-bond acceptors (Lipinski definition) is 3. The Labute approximate surface area is 122 Å². The zero-order valence-electron chi connectivity index (χ0n) is 10.6. The second-order valence-corrected chi connectivity index (χ2v) is 5.95. The Balaban J connectivity index is 2.18. The van der Waals surface area contributed by atoms with Crippen LogP contribution in [0, 0.1) is 5.82 Å². The van der Waals surface area contributed by atoms with Gasteiger partial charge in [-0.1, -0.05) is 17.4 Å². The molecule has 0 bridgehead atoms. The number of imidazole rings is 1. The van der Waals surface area contributed by atoms with E-state index in [4.69, 9.17) is 11.6 Å². The molecule has 0 fully saturated rings. The van der Waals surface area contributed by atoms with E-state index in [1.165, 1.54) is 6.07 Å². The highest BCUT2D eigenvalue weighted by Gasteiger charge is 2.17. The van der Waals surface area contributed by atoms with Gasteiger partial charge in [0.15, 0.2) is 5.82 Å². The third kappa shape index (κ3) is 2.25. The fraction of sp³-hybridized carbons (Fsp3) is 0.231. The van der Waals surface area contributed by atoms with E-state index in [0.29, 0.717) is 23.4 Å². The van der Waals surface area contributed by atoms with Crippen LogP contribution in [0.2, 0.25) is 0 Å². The first-order valence-electron chi connectivity index (χ1n) is 6.01. The number of thiazole rings is 1. The molecule has 0 aliphatic heterocycles. The molecule has 104 valence electrons. The van der Waals surface area contributed by atoms with Crippen LogP contribution in [0.1, 0.15) is 23.8 Å². The van der Waals surface area contributed by atoms with Crippen molar-refractivity contribution < 1.29 is 4.39 Å². The van der Waals surface area contributed by atoms with Crippen molar-refractivity contribution in [2.75, 3.05) is 0 Å². The molecule has 3 aromatic rings. The van der Waals surface area contributed by atoms with Crippen LogP contribution in [0.4, 0.5) is 4.39 Å². The maximum atomic E-state index is 13.8. The van der Waals surface area contributed by atoms with E-state index in [1.807, 2.05) is 4.57 Å². The van der Waals surface area contributed by atoms with Gasteiger partial charge in [-0.2, -0.15) is 0 Å². The van der Waals surface area contributed by atoms with Crippen molar-refractivity contribution in [1.29, 1.82) is 0 Å². The quantitative estimate of drug-likeness (QED) is 0.755. The molecule has 1 unspecified atom stereocenters. The average Bonchev–Trinajstić information content (AvgIpc) is 2.96. The SMILES string of the molecule is CC(Cl)c1nc2c(F)cccc2n1Cc1csc(=O)[nH]1. The number of aromatic nitrogens is 3. The van der Waals surface area contributed by atoms with E-state index in [0.717, 1.165) is 17.0 Å². The summed E-state index contributed by atoms with van der Waals surface area (Å²) < 4.78 is 15.6. The van der Waals surface area contributed by atoms with Gasteiger partial charge in [0.1, 0.15) is 11.3 Å². The largest absolute Gasteiger partial charge is 0.321 e. The van der Waals surface area contributed by atoms with Crippen molar-refractivity contribution in [3.8, 4) is 0 Å². The highest BCUT2D eigenvalue weighted by molar-refractivity contribution is 7.07. The fourth-order valence-electron chi connectivity index (χ4n) is 2.16. The molecule has 1 N–H and O–H groups in total. The Kier molecular flexibility index (Phi) is 3.35. The lowest BCUT2D eigenvalue weighted by Crippen LogP contribution is -2.07. The van der Waals surface area contributed by atoms with Crippen molar-refractivity contribution >= 4 is 34.0 Å². The van der Waals surface area contributed by atoms with Gasteiger partial charge in [-0.3, -0.25) is 4.79 Å². The van der Waals surface area contributed by atoms with E-state index in [9.17, 15) is 9.18 Å². The molecule has 0 aliphatic carbocycles. The van der Waals surface area contributed by atoms with Crippen molar-refractivity contribution in [2.45, 2.75) is 18.8 Å². The summed E-state index contributed by atoms with van der Waals surface area (Å²) in [5.74, 6) is 0.206. The van der Waals surface area contributed by atoms with Crippen LogP contribution in [0.5, 0.6) is 0 Å². The average molecular weight is 312 g/mol. The summed E-state index contributed by atoms with van der Waals surface area (Å²) in [5.41, 5.74) is 1.72. The molecule has 1 atom stereocenters. The van der Waals surface area contributed by atoms with Gasteiger partial charge in [-0.25, -0.2) is 9.37 Å². The summed E-state index contributed by atoms with van der Waals surface area (Å²) in [6.07, 6.45) is 0. The third-order valence-corrected chi connectivity index (χ3v) is 3.93. The molecule has 4 nitrogen and oxygen atoms in total. The number of hydrogen-bond donors (Lipinski definition) is 1. The first-order chi connectivity index (χ1) is 9.56. The first kappa shape index (κ1) is 13.3. The number of fused-ring (bicyclic) bond motifs is 1. The molecule has 3 rings (SSSR count). The van der Waals surface area contributed by atoms with Gasteiger partial charge in [0.25, 0.3) is 0 Å². The minimum atomic E-state index is -0.376. The first-order valence-corrected chi connectivity index (χ1v) is 7.33. The van der Waals surface area contributed by atoms with E-state index in [1.54, 1.807) is 24.4 Å². The molecule has 20 heavy (non-hydrogen) atoms. The monoisotopic (exact) mass is 311 g/mol. The molecule has 0 spiro atoms. The Morgan fingerprint density at radius 2 is 2.35 bits per heavy atom. The molecule has 2 aromatic heterocycles. The molecular formula is C13H11ClFN3OS. The summed E-state index contributed by atoms with van der Waals surface area (Å²) in [7, 11) is 0. The van der Waals surface area contributed by atoms with Crippen molar-refractivity contribution in [1.82, 2.24) is 14.5 Å². The van der Waals surface area contributed by atoms with Crippen LogP contribution in [-0.2, 0) is 6.54 Å². The molecule has 1 aromatic carbocycles. The Hall–Kier alpha value is -1.66. The molecule has 2 heterocycles. The van der Waals surface area contributed by atoms with Gasteiger partial charge < -0.3 is 9.55 Å². The molecule has 0 radical (unpaired) electrons. The molecular weight excluding hydrogens is 301 g/mol. The Morgan fingerprint density at radius 1 is 1.55 bits per heavy atom. The van der Waals surface area contributed by atoms with Crippen molar-refractivity contribution in [2.24, 2.45) is 0 Å². The highest BCUT2D eigenvalue weighted by Crippen LogP contribution is 2.26. The minimum Gasteiger partial charge on any atom is -0.321 e. The van der Waals surface area contributed by atoms with Gasteiger partial charge in [-0.15, -0.1) is 11.6 Å². The molecule has 0 saturated heterocycles. The van der Waals surface area contributed by atoms with E-state index >= 15 is 0 Å². The predicted molar refractivity (Wildman–Crippen MR) is 78.0 cm³/mol. The zero-order chi connectivity index (χ0) is 14.3. The number of nitrogens with zero attached hydrogens (tertiary/aromatic N) is 2. The van der Waals surface area contributed by atoms with Crippen LogP contribution in [0.3, 0.4) is 0 Å². The lowest BCUT2D eigenvalue weighted by molar-refractivity contribution is 0.637. The second-order valence-electron chi connectivity index (χ2n) is 4.45. The van der Waals surface area contributed by atoms with Gasteiger partial charge in [0.2, 0.25) is 0 Å². The number of halogens is 2. The van der Waals surface area contributed by atoms with Gasteiger partial charge in [0.05, 0.1) is 17.4 Å². The summed E-state index contributed by atoms with van der Waals surface area (Å²) >= 11 is 7.23. The van der Waals surface area contributed by atoms with Crippen LogP contribution in [0.25, 0.3) is 11.0 Å². The van der Waals surface area contributed by atoms with Crippen LogP contribution < -0.4 is 4.87 Å². The van der Waals surface area contributed by atoms with Gasteiger partial charge in [0, 0.05) is 11.1 Å². The maximum Gasteiger partial charge on any atom is 0.304 e. The zero-order valence-corrected chi connectivity index (χ0v) is 12.1. The van der Waals surface area contributed by atoms with Crippen LogP contribution in [0.15, 0.2) is 28.4 Å². The summed E-state index contributed by atoms with van der Waals surface area (Å²) in [6.45, 7) is 2.19. The summed E-state index contributed by atoms with van der Waals surface area (Å²) in [5, 5.41) is 1.39. The molecule has 7 heteroatoms. The number of para-hydroxylation sites is 1. The predicted octanol–water partition coefficient (Wildman–Crippen LogP) is 3.27. The number of aromatic amines is 1. The summed E-state index contributed by atoms with van der Waals surface area (Å²) in [6, 6.07) is 4.79. The minimum absolute atomic E-state index is 0.115. The third-order valence-electron chi connectivity index (χ3n) is 3.01. The van der Waals surface area contributed by atoms with Gasteiger partial charge >= 0.3 is 4.87 Å². The summed E-state index contributed by atoms with van der Waals surface area (Å²) in [4.78, 5) is 18.1. The molecule has 0 aliphatic rings. The smallest absolute Gasteiger partial charge is 0.304 e. The standard InChI is InChI=1S/C13H11ClFN3OS/c1-7(14)12-17-11-9(15)3-2-4-10(11)18(12)5-8-6-20-13(19)16-8/h2-4,6-7H,5H2,1H3,(H,16,19). The van der Waals surface area contributed by atoms with Crippen molar-refractivity contribution in [3.05, 3.63) is 50.6 Å². The fourth-order valence-corrected chi connectivity index (χ4v) is 2.90. The maximum absolute atomic E-state index is 13.8. The lowest BCUT2D eigenvalue weighted by atomic mass is 10.3. The Morgan fingerprint density at radius 3 is 3.00 bits per heavy atom. The highest BCUT2D eigenvalue weighted by atomic mass is 35.5. The second kappa shape index (κ2) is 5.03. The topological polar surface area (TPSA) is 50.7 Å². The van der Waals surface area contributed by atoms with E-state index < -0.39 is 0 Å². The van der Waals surface area contributed by atoms with Crippen LogP contribution in [-0.4, -0.2) is 14.5 Å². The molecule has 0 amide bonds.